The van der Waals surface area contributed by atoms with Gasteiger partial charge in [-0.05, 0) is 44.4 Å². The molecule has 1 amide bonds. The number of aryl methyl sites for hydroxylation is 1. The molecule has 1 fully saturated rings. The SMILES string of the molecule is Cc1cc(F)c(C(C)NCC(=O)N2CCCC2)cc1F. The van der Waals surface area contributed by atoms with E-state index in [1.54, 1.807) is 11.8 Å². The fraction of sp³-hybridized carbons (Fsp3) is 0.533. The zero-order valence-corrected chi connectivity index (χ0v) is 11.9. The van der Waals surface area contributed by atoms with Crippen LogP contribution in [0.15, 0.2) is 12.1 Å². The number of hydrogen-bond donors (Lipinski definition) is 1. The van der Waals surface area contributed by atoms with Crippen LogP contribution in [0.1, 0.15) is 36.9 Å². The smallest absolute Gasteiger partial charge is 0.236 e. The first kappa shape index (κ1) is 14.9. The van der Waals surface area contributed by atoms with Gasteiger partial charge in [0.2, 0.25) is 5.91 Å². The molecule has 1 aromatic carbocycles. The number of likely N-dealkylation sites (tertiary alicyclic amines) is 1. The van der Waals surface area contributed by atoms with Crippen LogP contribution in [0.25, 0.3) is 0 Å². The Kier molecular flexibility index (Phi) is 4.70. The van der Waals surface area contributed by atoms with E-state index in [4.69, 9.17) is 0 Å². The molecular formula is C15H20F2N2O. The first-order valence-electron chi connectivity index (χ1n) is 6.95. The second kappa shape index (κ2) is 6.31. The van der Waals surface area contributed by atoms with E-state index in [-0.39, 0.29) is 23.6 Å². The van der Waals surface area contributed by atoms with Gasteiger partial charge in [0.25, 0.3) is 0 Å². The van der Waals surface area contributed by atoms with E-state index in [2.05, 4.69) is 5.32 Å². The number of carbonyl (C=O) groups excluding carboxylic acids is 1. The summed E-state index contributed by atoms with van der Waals surface area (Å²) in [5.74, 6) is -0.860. The monoisotopic (exact) mass is 282 g/mol. The Hall–Kier alpha value is -1.49. The molecule has 5 heteroatoms. The van der Waals surface area contributed by atoms with Gasteiger partial charge in [0.15, 0.2) is 0 Å². The Morgan fingerprint density at radius 1 is 1.30 bits per heavy atom. The van der Waals surface area contributed by atoms with Crippen LogP contribution in [0.3, 0.4) is 0 Å². The maximum atomic E-state index is 13.8. The molecule has 0 aliphatic carbocycles. The maximum absolute atomic E-state index is 13.8. The zero-order chi connectivity index (χ0) is 14.7. The van der Waals surface area contributed by atoms with E-state index < -0.39 is 17.7 Å². The summed E-state index contributed by atoms with van der Waals surface area (Å²) in [5, 5.41) is 2.97. The van der Waals surface area contributed by atoms with Crippen molar-refractivity contribution in [3.63, 3.8) is 0 Å². The zero-order valence-electron chi connectivity index (χ0n) is 11.9. The standard InChI is InChI=1S/C15H20F2N2O/c1-10-7-14(17)12(8-13(10)16)11(2)18-9-15(20)19-5-3-4-6-19/h7-8,11,18H,3-6,9H2,1-2H3. The van der Waals surface area contributed by atoms with Crippen molar-refractivity contribution in [2.45, 2.75) is 32.7 Å². The fourth-order valence-electron chi connectivity index (χ4n) is 2.42. The molecule has 1 aliphatic rings. The first-order chi connectivity index (χ1) is 9.49. The summed E-state index contributed by atoms with van der Waals surface area (Å²) in [4.78, 5) is 13.7. The van der Waals surface area contributed by atoms with Crippen molar-refractivity contribution in [3.8, 4) is 0 Å². The van der Waals surface area contributed by atoms with Gasteiger partial charge in [0.1, 0.15) is 11.6 Å². The van der Waals surface area contributed by atoms with Crippen molar-refractivity contribution in [2.24, 2.45) is 0 Å². The van der Waals surface area contributed by atoms with Crippen molar-refractivity contribution in [1.82, 2.24) is 10.2 Å². The van der Waals surface area contributed by atoms with E-state index in [1.807, 2.05) is 0 Å². The van der Waals surface area contributed by atoms with Gasteiger partial charge in [-0.2, -0.15) is 0 Å². The maximum Gasteiger partial charge on any atom is 0.236 e. The Balaban J connectivity index is 1.96. The average molecular weight is 282 g/mol. The fourth-order valence-corrected chi connectivity index (χ4v) is 2.42. The quantitative estimate of drug-likeness (QED) is 0.920. The molecule has 2 rings (SSSR count). The Labute approximate surface area is 118 Å². The van der Waals surface area contributed by atoms with Gasteiger partial charge in [-0.1, -0.05) is 0 Å². The molecular weight excluding hydrogens is 262 g/mol. The number of carbonyl (C=O) groups is 1. The number of hydrogen-bond acceptors (Lipinski definition) is 2. The highest BCUT2D eigenvalue weighted by Crippen LogP contribution is 2.20. The third-order valence-electron chi connectivity index (χ3n) is 3.76. The van der Waals surface area contributed by atoms with Crippen LogP contribution in [0.2, 0.25) is 0 Å². The van der Waals surface area contributed by atoms with Gasteiger partial charge in [-0.25, -0.2) is 8.78 Å². The molecule has 1 aliphatic heterocycles. The Morgan fingerprint density at radius 2 is 1.95 bits per heavy atom. The third kappa shape index (κ3) is 3.33. The predicted octanol–water partition coefficient (Wildman–Crippen LogP) is 2.55. The minimum Gasteiger partial charge on any atom is -0.342 e. The molecule has 0 saturated carbocycles. The van der Waals surface area contributed by atoms with Crippen LogP contribution >= 0.6 is 0 Å². The van der Waals surface area contributed by atoms with Gasteiger partial charge in [-0.15, -0.1) is 0 Å². The van der Waals surface area contributed by atoms with E-state index >= 15 is 0 Å². The van der Waals surface area contributed by atoms with Crippen LogP contribution in [-0.2, 0) is 4.79 Å². The van der Waals surface area contributed by atoms with E-state index in [0.29, 0.717) is 0 Å². The van der Waals surface area contributed by atoms with Crippen molar-refractivity contribution >= 4 is 5.91 Å². The topological polar surface area (TPSA) is 32.3 Å². The molecule has 1 heterocycles. The van der Waals surface area contributed by atoms with E-state index in [0.717, 1.165) is 25.9 Å². The van der Waals surface area contributed by atoms with Crippen molar-refractivity contribution in [3.05, 3.63) is 34.9 Å². The summed E-state index contributed by atoms with van der Waals surface area (Å²) in [5.41, 5.74) is 0.536. The minimum absolute atomic E-state index is 0.0161. The second-order valence-electron chi connectivity index (χ2n) is 5.31. The largest absolute Gasteiger partial charge is 0.342 e. The van der Waals surface area contributed by atoms with Crippen LogP contribution < -0.4 is 5.32 Å². The third-order valence-corrected chi connectivity index (χ3v) is 3.76. The van der Waals surface area contributed by atoms with Gasteiger partial charge >= 0.3 is 0 Å². The summed E-state index contributed by atoms with van der Waals surface area (Å²) in [7, 11) is 0. The van der Waals surface area contributed by atoms with Gasteiger partial charge in [-0.3, -0.25) is 4.79 Å². The Bertz CT molecular complexity index is 499. The molecule has 1 saturated heterocycles. The van der Waals surface area contributed by atoms with Gasteiger partial charge in [0.05, 0.1) is 6.54 Å². The highest BCUT2D eigenvalue weighted by atomic mass is 19.1. The normalized spacial score (nSPS) is 16.5. The van der Waals surface area contributed by atoms with Gasteiger partial charge in [0, 0.05) is 24.7 Å². The minimum atomic E-state index is -0.447. The molecule has 3 nitrogen and oxygen atoms in total. The van der Waals surface area contributed by atoms with Crippen LogP contribution in [0.4, 0.5) is 8.78 Å². The lowest BCUT2D eigenvalue weighted by molar-refractivity contribution is -0.129. The predicted molar refractivity (Wildman–Crippen MR) is 73.3 cm³/mol. The van der Waals surface area contributed by atoms with Crippen molar-refractivity contribution < 1.29 is 13.6 Å². The lowest BCUT2D eigenvalue weighted by atomic mass is 10.1. The highest BCUT2D eigenvalue weighted by molar-refractivity contribution is 5.78. The van der Waals surface area contributed by atoms with Crippen molar-refractivity contribution in [1.29, 1.82) is 0 Å². The second-order valence-corrected chi connectivity index (χ2v) is 5.31. The average Bonchev–Trinajstić information content (AvgIpc) is 2.94. The lowest BCUT2D eigenvalue weighted by Crippen LogP contribution is -2.37. The molecule has 110 valence electrons. The number of nitrogens with one attached hydrogen (secondary N) is 1. The molecule has 1 N–H and O–H groups in total. The van der Waals surface area contributed by atoms with Gasteiger partial charge < -0.3 is 10.2 Å². The number of benzene rings is 1. The number of rotatable bonds is 4. The van der Waals surface area contributed by atoms with E-state index in [1.165, 1.54) is 19.1 Å². The molecule has 0 aromatic heterocycles. The summed E-state index contributed by atoms with van der Waals surface area (Å²) in [6.07, 6.45) is 2.08. The number of amides is 1. The van der Waals surface area contributed by atoms with Crippen LogP contribution in [-0.4, -0.2) is 30.4 Å². The lowest BCUT2D eigenvalue weighted by Gasteiger charge is -2.19. The highest BCUT2D eigenvalue weighted by Gasteiger charge is 2.19. The first-order valence-corrected chi connectivity index (χ1v) is 6.95. The number of nitrogens with zero attached hydrogens (tertiary/aromatic N) is 1. The molecule has 1 atom stereocenters. The van der Waals surface area contributed by atoms with Crippen LogP contribution in [0, 0.1) is 18.6 Å². The van der Waals surface area contributed by atoms with Crippen molar-refractivity contribution in [2.75, 3.05) is 19.6 Å². The summed E-state index contributed by atoms with van der Waals surface area (Å²) >= 11 is 0. The summed E-state index contributed by atoms with van der Waals surface area (Å²) in [6, 6.07) is 1.98. The van der Waals surface area contributed by atoms with E-state index in [9.17, 15) is 13.6 Å². The summed E-state index contributed by atoms with van der Waals surface area (Å²) in [6.45, 7) is 4.99. The molecule has 0 bridgehead atoms. The summed E-state index contributed by atoms with van der Waals surface area (Å²) < 4.78 is 27.3. The molecule has 0 radical (unpaired) electrons. The number of halogens is 2. The Morgan fingerprint density at radius 3 is 2.60 bits per heavy atom. The molecule has 1 aromatic rings. The van der Waals surface area contributed by atoms with Crippen LogP contribution in [0.5, 0.6) is 0 Å². The molecule has 0 spiro atoms. The molecule has 20 heavy (non-hydrogen) atoms. The molecule has 1 unspecified atom stereocenters.